The first-order chi connectivity index (χ1) is 9.86. The lowest BCUT2D eigenvalue weighted by molar-refractivity contribution is -0.184. The predicted molar refractivity (Wildman–Crippen MR) is 77.6 cm³/mol. The minimum absolute atomic E-state index is 0.0803. The van der Waals surface area contributed by atoms with Crippen molar-refractivity contribution in [3.05, 3.63) is 24.3 Å². The Morgan fingerprint density at radius 3 is 2.29 bits per heavy atom. The monoisotopic (exact) mass is 301 g/mol. The van der Waals surface area contributed by atoms with Gasteiger partial charge >= 0.3 is 6.18 Å². The van der Waals surface area contributed by atoms with Gasteiger partial charge < -0.3 is 10.1 Å². The molecule has 0 saturated heterocycles. The van der Waals surface area contributed by atoms with Crippen LogP contribution in [0, 0.1) is 5.92 Å². The summed E-state index contributed by atoms with van der Waals surface area (Å²) < 4.78 is 44.7. The van der Waals surface area contributed by atoms with Crippen molar-refractivity contribution in [2.24, 2.45) is 5.92 Å². The molecule has 0 bridgehead atoms. The number of rotatable bonds is 4. The van der Waals surface area contributed by atoms with Crippen LogP contribution >= 0.6 is 0 Å². The first-order valence-corrected chi connectivity index (χ1v) is 7.46. The number of benzene rings is 1. The number of hydrogen-bond donors (Lipinski definition) is 1. The first kappa shape index (κ1) is 16.0. The molecule has 1 aromatic rings. The normalized spacial score (nSPS) is 23.1. The lowest BCUT2D eigenvalue weighted by Crippen LogP contribution is -2.41. The molecule has 21 heavy (non-hydrogen) atoms. The Hall–Kier alpha value is -1.39. The Labute approximate surface area is 123 Å². The maximum Gasteiger partial charge on any atom is 0.393 e. The molecular formula is C16H22F3NO. The summed E-state index contributed by atoms with van der Waals surface area (Å²) in [5.41, 5.74) is 0.715. The molecule has 0 spiro atoms. The van der Waals surface area contributed by atoms with Gasteiger partial charge in [0.25, 0.3) is 0 Å². The topological polar surface area (TPSA) is 21.3 Å². The Morgan fingerprint density at radius 2 is 1.71 bits per heavy atom. The molecule has 1 N–H and O–H groups in total. The fraction of sp³-hybridized carbons (Fsp3) is 0.625. The van der Waals surface area contributed by atoms with Crippen molar-refractivity contribution in [2.45, 2.75) is 57.9 Å². The van der Waals surface area contributed by atoms with Crippen LogP contribution in [0.2, 0.25) is 0 Å². The molecule has 0 aromatic heterocycles. The molecule has 2 unspecified atom stereocenters. The van der Waals surface area contributed by atoms with E-state index in [4.69, 9.17) is 4.74 Å². The molecule has 0 aliphatic heterocycles. The van der Waals surface area contributed by atoms with Gasteiger partial charge in [-0.1, -0.05) is 12.8 Å². The third-order valence-corrected chi connectivity index (χ3v) is 3.76. The molecular weight excluding hydrogens is 279 g/mol. The van der Waals surface area contributed by atoms with Crippen molar-refractivity contribution in [2.75, 3.05) is 5.32 Å². The third kappa shape index (κ3) is 4.55. The van der Waals surface area contributed by atoms with Crippen molar-refractivity contribution in [3.63, 3.8) is 0 Å². The second-order valence-electron chi connectivity index (χ2n) is 5.87. The number of hydrogen-bond acceptors (Lipinski definition) is 2. The van der Waals surface area contributed by atoms with Crippen molar-refractivity contribution in [3.8, 4) is 5.75 Å². The summed E-state index contributed by atoms with van der Waals surface area (Å²) in [6.45, 7) is 3.87. The number of ether oxygens (including phenoxy) is 1. The summed E-state index contributed by atoms with van der Waals surface area (Å²) in [6, 6.07) is 6.59. The van der Waals surface area contributed by atoms with Gasteiger partial charge in [-0.15, -0.1) is 0 Å². The van der Waals surface area contributed by atoms with Crippen LogP contribution in [0.1, 0.15) is 39.5 Å². The summed E-state index contributed by atoms with van der Waals surface area (Å²) in [5, 5.41) is 3.04. The summed E-state index contributed by atoms with van der Waals surface area (Å²) in [7, 11) is 0. The molecule has 2 rings (SSSR count). The smallest absolute Gasteiger partial charge is 0.393 e. The average Bonchev–Trinajstić information content (AvgIpc) is 2.40. The Kier molecular flexibility index (Phi) is 5.01. The fourth-order valence-corrected chi connectivity index (χ4v) is 2.81. The van der Waals surface area contributed by atoms with E-state index in [0.29, 0.717) is 18.5 Å². The van der Waals surface area contributed by atoms with Gasteiger partial charge in [-0.3, -0.25) is 0 Å². The highest BCUT2D eigenvalue weighted by atomic mass is 19.4. The van der Waals surface area contributed by atoms with Crippen molar-refractivity contribution >= 4 is 5.69 Å². The molecule has 1 aliphatic carbocycles. The van der Waals surface area contributed by atoms with E-state index in [9.17, 15) is 13.2 Å². The minimum atomic E-state index is -4.13. The molecule has 1 aliphatic rings. The van der Waals surface area contributed by atoms with Gasteiger partial charge in [0.15, 0.2) is 0 Å². The predicted octanol–water partition coefficient (Wildman–Crippen LogP) is 5.01. The zero-order valence-electron chi connectivity index (χ0n) is 12.4. The lowest BCUT2D eigenvalue weighted by Gasteiger charge is -2.34. The molecule has 1 fully saturated rings. The molecule has 2 atom stereocenters. The van der Waals surface area contributed by atoms with Crippen LogP contribution < -0.4 is 10.1 Å². The van der Waals surface area contributed by atoms with Gasteiger partial charge in [0.2, 0.25) is 0 Å². The average molecular weight is 301 g/mol. The summed E-state index contributed by atoms with van der Waals surface area (Å²) in [4.78, 5) is 0. The van der Waals surface area contributed by atoms with E-state index in [2.05, 4.69) is 5.32 Å². The van der Waals surface area contributed by atoms with Crippen LogP contribution in [-0.2, 0) is 0 Å². The van der Waals surface area contributed by atoms with Crippen LogP contribution in [0.4, 0.5) is 18.9 Å². The molecule has 118 valence electrons. The summed E-state index contributed by atoms with van der Waals surface area (Å²) in [6.07, 6.45) is -1.76. The molecule has 0 heterocycles. The maximum atomic E-state index is 13.0. The van der Waals surface area contributed by atoms with E-state index in [1.54, 1.807) is 24.3 Å². The Balaban J connectivity index is 2.02. The van der Waals surface area contributed by atoms with E-state index < -0.39 is 18.1 Å². The van der Waals surface area contributed by atoms with Crippen molar-refractivity contribution in [1.82, 2.24) is 0 Å². The van der Waals surface area contributed by atoms with Crippen molar-refractivity contribution < 1.29 is 17.9 Å². The molecule has 1 aromatic carbocycles. The SMILES string of the molecule is CC(C)Oc1ccc(NC2CCCCC2C(F)(F)F)cc1. The lowest BCUT2D eigenvalue weighted by atomic mass is 9.84. The zero-order chi connectivity index (χ0) is 15.5. The van der Waals surface area contributed by atoms with Crippen LogP contribution in [0.25, 0.3) is 0 Å². The number of alkyl halides is 3. The first-order valence-electron chi connectivity index (χ1n) is 7.46. The minimum Gasteiger partial charge on any atom is -0.491 e. The highest BCUT2D eigenvalue weighted by Crippen LogP contribution is 2.39. The second-order valence-corrected chi connectivity index (χ2v) is 5.87. The maximum absolute atomic E-state index is 13.0. The van der Waals surface area contributed by atoms with E-state index in [1.807, 2.05) is 13.8 Å². The molecule has 0 amide bonds. The summed E-state index contributed by atoms with van der Waals surface area (Å²) >= 11 is 0. The number of halogens is 3. The largest absolute Gasteiger partial charge is 0.491 e. The highest BCUT2D eigenvalue weighted by molar-refractivity contribution is 5.47. The fourth-order valence-electron chi connectivity index (χ4n) is 2.81. The van der Waals surface area contributed by atoms with E-state index in [0.717, 1.165) is 12.2 Å². The number of anilines is 1. The van der Waals surface area contributed by atoms with Gasteiger partial charge in [0.05, 0.1) is 12.0 Å². The zero-order valence-corrected chi connectivity index (χ0v) is 12.4. The van der Waals surface area contributed by atoms with Gasteiger partial charge in [-0.05, 0) is 51.0 Å². The van der Waals surface area contributed by atoms with Gasteiger partial charge in [0.1, 0.15) is 5.75 Å². The van der Waals surface area contributed by atoms with Crippen LogP contribution in [0.15, 0.2) is 24.3 Å². The van der Waals surface area contributed by atoms with Crippen LogP contribution in [-0.4, -0.2) is 18.3 Å². The quantitative estimate of drug-likeness (QED) is 0.844. The van der Waals surface area contributed by atoms with Crippen LogP contribution in [0.3, 0.4) is 0 Å². The molecule has 2 nitrogen and oxygen atoms in total. The Morgan fingerprint density at radius 1 is 1.10 bits per heavy atom. The Bertz CT molecular complexity index is 442. The van der Waals surface area contributed by atoms with E-state index in [1.165, 1.54) is 0 Å². The molecule has 5 heteroatoms. The van der Waals surface area contributed by atoms with Crippen molar-refractivity contribution in [1.29, 1.82) is 0 Å². The third-order valence-electron chi connectivity index (χ3n) is 3.76. The van der Waals surface area contributed by atoms with Crippen LogP contribution in [0.5, 0.6) is 5.75 Å². The second kappa shape index (κ2) is 6.58. The summed E-state index contributed by atoms with van der Waals surface area (Å²) in [5.74, 6) is -0.524. The molecule has 0 radical (unpaired) electrons. The van der Waals surface area contributed by atoms with Gasteiger partial charge in [-0.25, -0.2) is 0 Å². The number of nitrogens with one attached hydrogen (secondary N) is 1. The van der Waals surface area contributed by atoms with Gasteiger partial charge in [0, 0.05) is 11.7 Å². The standard InChI is InChI=1S/C16H22F3NO/c1-11(2)21-13-9-7-12(8-10-13)20-15-6-4-3-5-14(15)16(17,18)19/h7-11,14-15,20H,3-6H2,1-2H3. The van der Waals surface area contributed by atoms with Gasteiger partial charge in [-0.2, -0.15) is 13.2 Å². The highest BCUT2D eigenvalue weighted by Gasteiger charge is 2.45. The molecule has 1 saturated carbocycles. The van der Waals surface area contributed by atoms with E-state index in [-0.39, 0.29) is 12.5 Å². The van der Waals surface area contributed by atoms with E-state index >= 15 is 0 Å².